The minimum atomic E-state index is -0.282. The van der Waals surface area contributed by atoms with Gasteiger partial charge in [0.15, 0.2) is 0 Å². The molecule has 1 unspecified atom stereocenters. The lowest BCUT2D eigenvalue weighted by Gasteiger charge is -2.28. The zero-order chi connectivity index (χ0) is 20.0. The van der Waals surface area contributed by atoms with Crippen molar-refractivity contribution in [3.05, 3.63) is 100 Å². The van der Waals surface area contributed by atoms with E-state index in [1.165, 1.54) is 0 Å². The molecule has 2 aromatic carbocycles. The van der Waals surface area contributed by atoms with Gasteiger partial charge in [0.2, 0.25) is 5.88 Å². The van der Waals surface area contributed by atoms with Crippen LogP contribution in [0, 0.1) is 5.41 Å². The molecule has 144 valence electrons. The van der Waals surface area contributed by atoms with Crippen LogP contribution >= 0.6 is 11.6 Å². The second-order valence-corrected chi connectivity index (χ2v) is 7.26. The van der Waals surface area contributed by atoms with Gasteiger partial charge in [0.05, 0.1) is 18.4 Å². The van der Waals surface area contributed by atoms with Crippen molar-refractivity contribution in [3.63, 3.8) is 0 Å². The lowest BCUT2D eigenvalue weighted by atomic mass is 9.84. The van der Waals surface area contributed by atoms with Crippen LogP contribution in [-0.2, 0) is 6.54 Å². The molecule has 3 heterocycles. The van der Waals surface area contributed by atoms with E-state index < -0.39 is 0 Å². The molecule has 0 fully saturated rings. The summed E-state index contributed by atoms with van der Waals surface area (Å²) in [5, 5.41) is 19.4. The topological polar surface area (TPSA) is 84.3 Å². The molecule has 7 heteroatoms. The molecular formula is C22H16ClN3O3. The van der Waals surface area contributed by atoms with Crippen molar-refractivity contribution < 1.29 is 14.3 Å². The smallest absolute Gasteiger partial charge is 0.228 e. The van der Waals surface area contributed by atoms with Crippen LogP contribution < -0.4 is 10.2 Å². The molecule has 2 aromatic heterocycles. The minimum absolute atomic E-state index is 0.108. The van der Waals surface area contributed by atoms with Gasteiger partial charge >= 0.3 is 0 Å². The van der Waals surface area contributed by atoms with Crippen molar-refractivity contribution in [3.8, 4) is 17.4 Å². The van der Waals surface area contributed by atoms with E-state index in [0.29, 0.717) is 28.8 Å². The Kier molecular flexibility index (Phi) is 4.14. The second-order valence-electron chi connectivity index (χ2n) is 6.83. The monoisotopic (exact) mass is 405 g/mol. The Morgan fingerprint density at radius 2 is 1.97 bits per heavy atom. The Hall–Kier alpha value is -3.51. The molecule has 1 aliphatic rings. The summed E-state index contributed by atoms with van der Waals surface area (Å²) >= 11 is 6.09. The summed E-state index contributed by atoms with van der Waals surface area (Å²) in [6, 6.07) is 16.2. The number of fused-ring (bicyclic) bond motifs is 2. The number of nitrogens with zero attached hydrogens (tertiary/aromatic N) is 2. The molecule has 0 amide bonds. The zero-order valence-corrected chi connectivity index (χ0v) is 15.9. The Morgan fingerprint density at radius 1 is 1.14 bits per heavy atom. The van der Waals surface area contributed by atoms with Crippen molar-refractivity contribution in [2.45, 2.75) is 12.5 Å². The van der Waals surface area contributed by atoms with Gasteiger partial charge in [0.1, 0.15) is 29.1 Å². The van der Waals surface area contributed by atoms with E-state index in [2.05, 4.69) is 4.98 Å². The van der Waals surface area contributed by atoms with E-state index in [9.17, 15) is 5.11 Å². The molecular weight excluding hydrogens is 390 g/mol. The molecule has 0 spiro atoms. The highest BCUT2D eigenvalue weighted by atomic mass is 35.5. The van der Waals surface area contributed by atoms with E-state index in [1.807, 2.05) is 42.5 Å². The summed E-state index contributed by atoms with van der Waals surface area (Å²) in [6.07, 6.45) is 3.17. The fourth-order valence-corrected chi connectivity index (χ4v) is 3.77. The number of ether oxygens (including phenoxy) is 1. The molecule has 0 bridgehead atoms. The van der Waals surface area contributed by atoms with Crippen LogP contribution in [0.3, 0.4) is 0 Å². The first-order chi connectivity index (χ1) is 14.1. The number of phenolic OH excluding ortho intramolecular Hbond substituents is 1. The molecule has 0 saturated heterocycles. The molecule has 1 atom stereocenters. The number of aromatic nitrogens is 2. The van der Waals surface area contributed by atoms with E-state index in [4.69, 9.17) is 26.2 Å². The van der Waals surface area contributed by atoms with Gasteiger partial charge in [-0.15, -0.1) is 0 Å². The predicted molar refractivity (Wildman–Crippen MR) is 106 cm³/mol. The van der Waals surface area contributed by atoms with Crippen LogP contribution in [0.2, 0.25) is 5.02 Å². The third kappa shape index (κ3) is 3.07. The van der Waals surface area contributed by atoms with Gasteiger partial charge in [-0.3, -0.25) is 5.41 Å². The van der Waals surface area contributed by atoms with Crippen LogP contribution in [0.15, 0.2) is 71.6 Å². The minimum Gasteiger partial charge on any atom is -0.508 e. The maximum absolute atomic E-state index is 9.90. The van der Waals surface area contributed by atoms with Crippen molar-refractivity contribution in [2.24, 2.45) is 0 Å². The van der Waals surface area contributed by atoms with E-state index in [0.717, 1.165) is 16.9 Å². The quantitative estimate of drug-likeness (QED) is 0.457. The zero-order valence-electron chi connectivity index (χ0n) is 15.2. The fraction of sp³-hybridized carbons (Fsp3) is 0.0909. The molecule has 0 aliphatic carbocycles. The number of halogens is 1. The summed E-state index contributed by atoms with van der Waals surface area (Å²) in [5.74, 6) is 1.43. The first-order valence-electron chi connectivity index (χ1n) is 9.02. The summed E-state index contributed by atoms with van der Waals surface area (Å²) < 4.78 is 13.1. The van der Waals surface area contributed by atoms with Gasteiger partial charge < -0.3 is 18.8 Å². The standard InChI is InChI=1S/C22H16ClN3O3/c23-14-5-3-13(4-6-14)19-17-8-7-15(27)10-18(17)29-22-20(19)21(24)26(12-25-22)11-16-2-1-9-28-16/h1-10,12,19,24,27H,11H2. The van der Waals surface area contributed by atoms with Gasteiger partial charge in [-0.1, -0.05) is 29.8 Å². The van der Waals surface area contributed by atoms with Gasteiger partial charge in [-0.25, -0.2) is 4.98 Å². The summed E-state index contributed by atoms with van der Waals surface area (Å²) in [7, 11) is 0. The van der Waals surface area contributed by atoms with E-state index in [-0.39, 0.29) is 17.2 Å². The normalized spacial score (nSPS) is 14.7. The Balaban J connectivity index is 1.71. The average Bonchev–Trinajstić information content (AvgIpc) is 3.22. The van der Waals surface area contributed by atoms with Gasteiger partial charge in [-0.2, -0.15) is 0 Å². The lowest BCUT2D eigenvalue weighted by Crippen LogP contribution is -2.30. The first-order valence-corrected chi connectivity index (χ1v) is 9.40. The third-order valence-electron chi connectivity index (χ3n) is 5.00. The van der Waals surface area contributed by atoms with Crippen LogP contribution in [0.1, 0.15) is 28.4 Å². The highest BCUT2D eigenvalue weighted by Crippen LogP contribution is 2.46. The molecule has 6 nitrogen and oxygen atoms in total. The third-order valence-corrected chi connectivity index (χ3v) is 5.25. The van der Waals surface area contributed by atoms with Crippen molar-refractivity contribution in [1.29, 1.82) is 5.41 Å². The highest BCUT2D eigenvalue weighted by molar-refractivity contribution is 6.30. The molecule has 5 rings (SSSR count). The molecule has 0 saturated carbocycles. The van der Waals surface area contributed by atoms with Crippen LogP contribution in [0.5, 0.6) is 17.4 Å². The second kappa shape index (κ2) is 6.83. The number of benzene rings is 2. The largest absolute Gasteiger partial charge is 0.508 e. The van der Waals surface area contributed by atoms with Gasteiger partial charge in [0.25, 0.3) is 0 Å². The first kappa shape index (κ1) is 17.6. The highest BCUT2D eigenvalue weighted by Gasteiger charge is 2.32. The number of hydrogen-bond acceptors (Lipinski definition) is 5. The maximum Gasteiger partial charge on any atom is 0.228 e. The van der Waals surface area contributed by atoms with Crippen LogP contribution in [0.25, 0.3) is 0 Å². The summed E-state index contributed by atoms with van der Waals surface area (Å²) in [6.45, 7) is 0.391. The maximum atomic E-state index is 9.90. The molecule has 0 radical (unpaired) electrons. The summed E-state index contributed by atoms with van der Waals surface area (Å²) in [4.78, 5) is 4.45. The molecule has 2 N–H and O–H groups in total. The predicted octanol–water partition coefficient (Wildman–Crippen LogP) is 4.65. The number of aromatic hydroxyl groups is 1. The number of nitrogens with one attached hydrogen (secondary N) is 1. The number of phenols is 1. The Morgan fingerprint density at radius 3 is 2.72 bits per heavy atom. The average molecular weight is 406 g/mol. The van der Waals surface area contributed by atoms with E-state index in [1.54, 1.807) is 29.3 Å². The molecule has 1 aliphatic heterocycles. The van der Waals surface area contributed by atoms with Gasteiger partial charge in [0, 0.05) is 22.6 Å². The number of rotatable bonds is 3. The summed E-state index contributed by atoms with van der Waals surface area (Å²) in [5.41, 5.74) is 2.74. The number of furan rings is 1. The van der Waals surface area contributed by atoms with Crippen LogP contribution in [0.4, 0.5) is 0 Å². The fourth-order valence-electron chi connectivity index (χ4n) is 3.65. The Bertz CT molecular complexity index is 1250. The lowest BCUT2D eigenvalue weighted by molar-refractivity contribution is 0.411. The van der Waals surface area contributed by atoms with Crippen molar-refractivity contribution >= 4 is 11.6 Å². The van der Waals surface area contributed by atoms with Crippen LogP contribution in [-0.4, -0.2) is 14.7 Å². The molecule has 29 heavy (non-hydrogen) atoms. The Labute approximate surface area is 171 Å². The number of hydrogen-bond donors (Lipinski definition) is 2. The van der Waals surface area contributed by atoms with E-state index >= 15 is 0 Å². The van der Waals surface area contributed by atoms with Crippen molar-refractivity contribution in [2.75, 3.05) is 0 Å². The van der Waals surface area contributed by atoms with Gasteiger partial charge in [-0.05, 0) is 35.9 Å². The SMILES string of the molecule is N=c1c2c(ncn1Cc1ccco1)Oc1cc(O)ccc1C2c1ccc(Cl)cc1. The van der Waals surface area contributed by atoms with Crippen molar-refractivity contribution in [1.82, 2.24) is 9.55 Å². The molecule has 4 aromatic rings.